The van der Waals surface area contributed by atoms with Gasteiger partial charge in [0.05, 0.1) is 16.7 Å². The van der Waals surface area contributed by atoms with Gasteiger partial charge in [-0.3, -0.25) is 4.79 Å². The largest absolute Gasteiger partial charge is 0.507 e. The van der Waals surface area contributed by atoms with E-state index in [-0.39, 0.29) is 12.1 Å². The molecule has 0 saturated carbocycles. The summed E-state index contributed by atoms with van der Waals surface area (Å²) in [5.41, 5.74) is -5.22. The van der Waals surface area contributed by atoms with E-state index in [9.17, 15) is 31.1 Å². The number of benzene rings is 1. The second-order valence-electron chi connectivity index (χ2n) is 3.18. The van der Waals surface area contributed by atoms with E-state index in [2.05, 4.69) is 0 Å². The summed E-state index contributed by atoms with van der Waals surface area (Å²) in [6, 6.07) is -0.314. The summed E-state index contributed by atoms with van der Waals surface area (Å²) >= 11 is 4.85. The SMILES string of the molecule is O=C(Cl)c1cc(C(F)(F)F)c(C(F)(F)F)cc1O. The summed E-state index contributed by atoms with van der Waals surface area (Å²) in [6.07, 6.45) is -10.7. The highest BCUT2D eigenvalue weighted by Crippen LogP contribution is 2.43. The number of hydrogen-bond acceptors (Lipinski definition) is 2. The Morgan fingerprint density at radius 1 is 1.00 bits per heavy atom. The first kappa shape index (κ1) is 14.6. The maximum atomic E-state index is 12.4. The van der Waals surface area contributed by atoms with Crippen LogP contribution in [-0.4, -0.2) is 10.3 Å². The third-order valence-electron chi connectivity index (χ3n) is 1.96. The fourth-order valence-electron chi connectivity index (χ4n) is 1.21. The van der Waals surface area contributed by atoms with E-state index in [0.29, 0.717) is 0 Å². The molecule has 0 aliphatic carbocycles. The first-order chi connectivity index (χ1) is 7.94. The molecular weight excluding hydrogens is 290 g/mol. The fraction of sp³-hybridized carbons (Fsp3) is 0.222. The second-order valence-corrected chi connectivity index (χ2v) is 3.53. The van der Waals surface area contributed by atoms with Crippen molar-refractivity contribution in [1.29, 1.82) is 0 Å². The Hall–Kier alpha value is -1.44. The number of carbonyl (C=O) groups is 1. The van der Waals surface area contributed by atoms with E-state index >= 15 is 0 Å². The van der Waals surface area contributed by atoms with Crippen LogP contribution in [0.15, 0.2) is 12.1 Å². The minimum atomic E-state index is -5.33. The van der Waals surface area contributed by atoms with Crippen molar-refractivity contribution in [2.75, 3.05) is 0 Å². The Labute approximate surface area is 101 Å². The Kier molecular flexibility index (Phi) is 3.53. The fourth-order valence-corrected chi connectivity index (χ4v) is 1.37. The van der Waals surface area contributed by atoms with E-state index in [1.165, 1.54) is 0 Å². The van der Waals surface area contributed by atoms with E-state index in [1.54, 1.807) is 0 Å². The van der Waals surface area contributed by atoms with Gasteiger partial charge in [-0.15, -0.1) is 0 Å². The van der Waals surface area contributed by atoms with Crippen molar-refractivity contribution in [2.45, 2.75) is 12.4 Å². The lowest BCUT2D eigenvalue weighted by Crippen LogP contribution is -2.17. The van der Waals surface area contributed by atoms with Crippen LogP contribution in [0.5, 0.6) is 5.75 Å². The number of phenols is 1. The topological polar surface area (TPSA) is 37.3 Å². The van der Waals surface area contributed by atoms with Gasteiger partial charge in [0.15, 0.2) is 0 Å². The smallest absolute Gasteiger partial charge is 0.417 e. The Bertz CT molecular complexity index is 491. The zero-order valence-electron chi connectivity index (χ0n) is 8.16. The molecule has 1 aromatic rings. The summed E-state index contributed by atoms with van der Waals surface area (Å²) in [4.78, 5) is 10.7. The van der Waals surface area contributed by atoms with E-state index in [1.807, 2.05) is 0 Å². The second kappa shape index (κ2) is 4.34. The highest BCUT2D eigenvalue weighted by molar-refractivity contribution is 6.68. The van der Waals surface area contributed by atoms with Gasteiger partial charge >= 0.3 is 12.4 Å². The van der Waals surface area contributed by atoms with Gasteiger partial charge in [-0.25, -0.2) is 0 Å². The normalized spacial score (nSPS) is 12.6. The average molecular weight is 293 g/mol. The first-order valence-electron chi connectivity index (χ1n) is 4.16. The molecular formula is C9H3ClF6O2. The lowest BCUT2D eigenvalue weighted by Gasteiger charge is -2.16. The standard InChI is InChI=1S/C9H3ClF6O2/c10-7(18)3-1-4(8(11,12)13)5(2-6(3)17)9(14,15)16/h1-2,17H. The van der Waals surface area contributed by atoms with Gasteiger partial charge in [0.1, 0.15) is 5.75 Å². The molecule has 100 valence electrons. The van der Waals surface area contributed by atoms with Crippen molar-refractivity contribution in [3.8, 4) is 5.75 Å². The van der Waals surface area contributed by atoms with Crippen LogP contribution in [0.2, 0.25) is 0 Å². The molecule has 0 amide bonds. The predicted molar refractivity (Wildman–Crippen MR) is 48.3 cm³/mol. The van der Waals surface area contributed by atoms with Crippen molar-refractivity contribution in [3.05, 3.63) is 28.8 Å². The predicted octanol–water partition coefficient (Wildman–Crippen LogP) is 3.81. The molecule has 0 saturated heterocycles. The van der Waals surface area contributed by atoms with Gasteiger partial charge in [0.2, 0.25) is 0 Å². The quantitative estimate of drug-likeness (QED) is 0.631. The number of hydrogen-bond donors (Lipinski definition) is 1. The average Bonchev–Trinajstić information content (AvgIpc) is 2.13. The van der Waals surface area contributed by atoms with E-state index in [4.69, 9.17) is 16.7 Å². The van der Waals surface area contributed by atoms with Crippen molar-refractivity contribution < 1.29 is 36.2 Å². The van der Waals surface area contributed by atoms with Gasteiger partial charge in [-0.05, 0) is 23.7 Å². The number of carbonyl (C=O) groups excluding carboxylic acids is 1. The Balaban J connectivity index is 3.64. The van der Waals surface area contributed by atoms with Crippen LogP contribution in [0.1, 0.15) is 21.5 Å². The molecule has 0 aromatic heterocycles. The molecule has 1 aromatic carbocycles. The molecule has 0 bridgehead atoms. The summed E-state index contributed by atoms with van der Waals surface area (Å²) in [5.74, 6) is -1.27. The van der Waals surface area contributed by atoms with Crippen molar-refractivity contribution >= 4 is 16.8 Å². The molecule has 2 nitrogen and oxygen atoms in total. The van der Waals surface area contributed by atoms with Crippen LogP contribution in [0.4, 0.5) is 26.3 Å². The van der Waals surface area contributed by atoms with Crippen LogP contribution >= 0.6 is 11.6 Å². The lowest BCUT2D eigenvalue weighted by atomic mass is 10.0. The van der Waals surface area contributed by atoms with Gasteiger partial charge < -0.3 is 5.11 Å². The zero-order chi connectivity index (χ0) is 14.3. The van der Waals surface area contributed by atoms with Crippen LogP contribution in [0, 0.1) is 0 Å². The third kappa shape index (κ3) is 2.87. The molecule has 1 N–H and O–H groups in total. The molecule has 18 heavy (non-hydrogen) atoms. The highest BCUT2D eigenvalue weighted by Gasteiger charge is 2.44. The number of halogens is 7. The number of phenolic OH excluding ortho intramolecular Hbond substituents is 1. The van der Waals surface area contributed by atoms with Gasteiger partial charge in [-0.2, -0.15) is 26.3 Å². The van der Waals surface area contributed by atoms with Crippen LogP contribution in [-0.2, 0) is 12.4 Å². The molecule has 0 heterocycles. The number of rotatable bonds is 1. The summed E-state index contributed by atoms with van der Waals surface area (Å²) in [5, 5.41) is 7.55. The van der Waals surface area contributed by atoms with Crippen LogP contribution in [0.3, 0.4) is 0 Å². The minimum absolute atomic E-state index is 0.131. The first-order valence-corrected chi connectivity index (χ1v) is 4.53. The molecule has 1 rings (SSSR count). The van der Waals surface area contributed by atoms with Gasteiger partial charge in [0, 0.05) is 0 Å². The molecule has 0 fully saturated rings. The molecule has 0 radical (unpaired) electrons. The van der Waals surface area contributed by atoms with E-state index < -0.39 is 40.0 Å². The maximum absolute atomic E-state index is 12.4. The zero-order valence-corrected chi connectivity index (χ0v) is 8.91. The third-order valence-corrected chi connectivity index (χ3v) is 2.16. The van der Waals surface area contributed by atoms with Crippen LogP contribution in [0.25, 0.3) is 0 Å². The molecule has 0 atom stereocenters. The Morgan fingerprint density at radius 2 is 1.39 bits per heavy atom. The molecule has 9 heteroatoms. The lowest BCUT2D eigenvalue weighted by molar-refractivity contribution is -0.162. The summed E-state index contributed by atoms with van der Waals surface area (Å²) < 4.78 is 74.3. The summed E-state index contributed by atoms with van der Waals surface area (Å²) in [6.45, 7) is 0. The van der Waals surface area contributed by atoms with Crippen molar-refractivity contribution in [2.24, 2.45) is 0 Å². The molecule has 0 aliphatic heterocycles. The van der Waals surface area contributed by atoms with Gasteiger partial charge in [0.25, 0.3) is 5.24 Å². The Morgan fingerprint density at radius 3 is 1.72 bits per heavy atom. The highest BCUT2D eigenvalue weighted by atomic mass is 35.5. The van der Waals surface area contributed by atoms with E-state index in [0.717, 1.165) is 0 Å². The monoisotopic (exact) mass is 292 g/mol. The van der Waals surface area contributed by atoms with Gasteiger partial charge in [-0.1, -0.05) is 0 Å². The van der Waals surface area contributed by atoms with Crippen molar-refractivity contribution in [1.82, 2.24) is 0 Å². The molecule has 0 aliphatic rings. The summed E-state index contributed by atoms with van der Waals surface area (Å²) in [7, 11) is 0. The minimum Gasteiger partial charge on any atom is -0.507 e. The number of aromatic hydroxyl groups is 1. The van der Waals surface area contributed by atoms with Crippen LogP contribution < -0.4 is 0 Å². The number of alkyl halides is 6. The van der Waals surface area contributed by atoms with Crippen molar-refractivity contribution in [3.63, 3.8) is 0 Å². The molecule has 0 spiro atoms. The maximum Gasteiger partial charge on any atom is 0.417 e. The molecule has 0 unspecified atom stereocenters.